The van der Waals surface area contributed by atoms with Gasteiger partial charge in [0, 0.05) is 62.2 Å². The van der Waals surface area contributed by atoms with Gasteiger partial charge in [-0.1, -0.05) is 31.1 Å². The van der Waals surface area contributed by atoms with Crippen molar-refractivity contribution in [2.24, 2.45) is 44.7 Å². The van der Waals surface area contributed by atoms with Gasteiger partial charge in [0.05, 0.1) is 18.3 Å². The molecular weight excluding hydrogens is 484 g/mol. The fourth-order valence-corrected chi connectivity index (χ4v) is 10.4. The second-order valence-electron chi connectivity index (χ2n) is 12.3. The molecule has 0 radical (unpaired) electrons. The van der Waals surface area contributed by atoms with Crippen LogP contribution in [-0.2, 0) is 9.53 Å². The van der Waals surface area contributed by atoms with Crippen LogP contribution in [-0.4, -0.2) is 84.3 Å². The highest BCUT2D eigenvalue weighted by molar-refractivity contribution is 5.93. The van der Waals surface area contributed by atoms with Crippen LogP contribution in [0.5, 0.6) is 0 Å². The van der Waals surface area contributed by atoms with Gasteiger partial charge in [0.15, 0.2) is 5.96 Å². The van der Waals surface area contributed by atoms with E-state index in [1.54, 1.807) is 14.2 Å². The van der Waals surface area contributed by atoms with Gasteiger partial charge in [-0.05, 0) is 49.5 Å². The Labute approximate surface area is 224 Å². The van der Waals surface area contributed by atoms with E-state index in [1.165, 1.54) is 0 Å². The van der Waals surface area contributed by atoms with E-state index in [0.717, 1.165) is 37.7 Å². The summed E-state index contributed by atoms with van der Waals surface area (Å²) in [6.07, 6.45) is 14.3. The first-order valence-electron chi connectivity index (χ1n) is 14.2. The predicted molar refractivity (Wildman–Crippen MR) is 143 cm³/mol. The summed E-state index contributed by atoms with van der Waals surface area (Å²) in [5, 5.41) is 36.6. The first kappa shape index (κ1) is 26.0. The molecule has 6 rings (SSSR count). The number of allylic oxidation sites excluding steroid dienone is 1. The Morgan fingerprint density at radius 2 is 2.00 bits per heavy atom. The maximum Gasteiger partial charge on any atom is 0.334 e. The SMILES string of the molecule is CN=C(N)N1C=C[C@@]2(CNCCO)C=C[C@@H]3[C@]4(O)C(C(=O)O)=C5C[C@H]6CC[C@@H](CCCC[C@H]4OC)[C@]53[C@]62C1. The number of carbonyl (C=O) groups is 1. The molecule has 6 N–H and O–H groups in total. The molecule has 0 aromatic heterocycles. The fourth-order valence-electron chi connectivity index (χ4n) is 10.4. The van der Waals surface area contributed by atoms with Crippen molar-refractivity contribution in [3.05, 3.63) is 35.6 Å². The Balaban J connectivity index is 1.69. The standard InChI is InChI=1S/C29H42N4O5/c1-31-25(30)33-13-11-26(16-32-12-14-34)10-9-21-28-18-5-3-4-6-22(38-2)29(21,37)23(24(35)36)20(28)15-19(8-7-18)27(26,28)17-33/h9-11,13,18-19,21-22,32,34,37H,3-8,12,14-17H2,1-2H3,(H2,30,31)(H,35,36)/t18-,19-,21+,22-,26-,27-,28+,29-/m1/s1. The Morgan fingerprint density at radius 1 is 1.24 bits per heavy atom. The average molecular weight is 527 g/mol. The predicted octanol–water partition coefficient (Wildman–Crippen LogP) is 1.63. The van der Waals surface area contributed by atoms with Crippen LogP contribution >= 0.6 is 0 Å². The van der Waals surface area contributed by atoms with Crippen molar-refractivity contribution in [1.82, 2.24) is 10.2 Å². The highest BCUT2D eigenvalue weighted by atomic mass is 16.5. The third kappa shape index (κ3) is 2.86. The molecule has 0 unspecified atom stereocenters. The fraction of sp³-hybridized carbons (Fsp3) is 0.724. The molecule has 208 valence electrons. The van der Waals surface area contributed by atoms with Crippen molar-refractivity contribution >= 4 is 11.9 Å². The largest absolute Gasteiger partial charge is 0.478 e. The number of hydrogen-bond donors (Lipinski definition) is 5. The molecule has 0 aromatic carbocycles. The number of ether oxygens (including phenoxy) is 1. The van der Waals surface area contributed by atoms with Crippen LogP contribution < -0.4 is 11.1 Å². The lowest BCUT2D eigenvalue weighted by Gasteiger charge is -2.69. The zero-order valence-corrected chi connectivity index (χ0v) is 22.5. The summed E-state index contributed by atoms with van der Waals surface area (Å²) in [5.74, 6) is -0.502. The Bertz CT molecular complexity index is 1130. The minimum absolute atomic E-state index is 0.0431. The molecule has 8 atom stereocenters. The van der Waals surface area contributed by atoms with Crippen molar-refractivity contribution < 1.29 is 24.9 Å². The van der Waals surface area contributed by atoms with Crippen LogP contribution in [0.3, 0.4) is 0 Å². The van der Waals surface area contributed by atoms with Crippen LogP contribution in [0.1, 0.15) is 44.9 Å². The van der Waals surface area contributed by atoms with E-state index in [-0.39, 0.29) is 24.0 Å². The molecule has 38 heavy (non-hydrogen) atoms. The molecule has 3 saturated carbocycles. The van der Waals surface area contributed by atoms with Gasteiger partial charge in [-0.3, -0.25) is 4.99 Å². The van der Waals surface area contributed by atoms with Gasteiger partial charge >= 0.3 is 5.97 Å². The molecule has 9 nitrogen and oxygen atoms in total. The number of nitrogens with one attached hydrogen (secondary N) is 1. The molecule has 0 aromatic rings. The number of aliphatic carboxylic acids is 1. The van der Waals surface area contributed by atoms with Gasteiger partial charge in [-0.25, -0.2) is 4.79 Å². The van der Waals surface area contributed by atoms with Crippen molar-refractivity contribution in [1.29, 1.82) is 0 Å². The van der Waals surface area contributed by atoms with Gasteiger partial charge in [0.2, 0.25) is 0 Å². The van der Waals surface area contributed by atoms with Gasteiger partial charge in [-0.15, -0.1) is 0 Å². The average Bonchev–Trinajstić information content (AvgIpc) is 3.26. The quantitative estimate of drug-likeness (QED) is 0.152. The van der Waals surface area contributed by atoms with Gasteiger partial charge in [0.1, 0.15) is 5.60 Å². The van der Waals surface area contributed by atoms with Crippen LogP contribution in [0.2, 0.25) is 0 Å². The van der Waals surface area contributed by atoms with Crippen LogP contribution in [0.15, 0.2) is 40.6 Å². The number of aliphatic hydroxyl groups is 2. The number of hydrogen-bond acceptors (Lipinski definition) is 6. The number of nitrogens with two attached hydrogens (primary N) is 1. The number of methoxy groups -OCH3 is 1. The van der Waals surface area contributed by atoms with E-state index < -0.39 is 39.8 Å². The Morgan fingerprint density at radius 3 is 2.71 bits per heavy atom. The van der Waals surface area contributed by atoms with E-state index in [2.05, 4.69) is 28.5 Å². The molecule has 3 fully saturated rings. The zero-order chi connectivity index (χ0) is 26.9. The molecule has 1 aliphatic heterocycles. The number of aliphatic imine (C=N–C) groups is 1. The van der Waals surface area contributed by atoms with E-state index in [1.807, 2.05) is 11.1 Å². The molecule has 0 amide bonds. The first-order valence-corrected chi connectivity index (χ1v) is 14.2. The van der Waals surface area contributed by atoms with Gasteiger partial charge in [0.25, 0.3) is 0 Å². The number of carboxylic acid groups (broad SMARTS) is 1. The summed E-state index contributed by atoms with van der Waals surface area (Å²) in [6.45, 7) is 1.75. The van der Waals surface area contributed by atoms with E-state index in [4.69, 9.17) is 10.5 Å². The molecule has 6 aliphatic rings. The summed E-state index contributed by atoms with van der Waals surface area (Å²) in [5.41, 5.74) is 4.59. The third-order valence-electron chi connectivity index (χ3n) is 11.4. The summed E-state index contributed by atoms with van der Waals surface area (Å²) in [4.78, 5) is 19.5. The normalized spacial score (nSPS) is 45.1. The molecule has 2 spiro atoms. The number of guanidine groups is 1. The molecule has 5 aliphatic carbocycles. The van der Waals surface area contributed by atoms with Crippen molar-refractivity contribution in [2.75, 3.05) is 40.4 Å². The molecule has 9 heteroatoms. The summed E-state index contributed by atoms with van der Waals surface area (Å²) in [7, 11) is 3.30. The van der Waals surface area contributed by atoms with Gasteiger partial charge < -0.3 is 36.0 Å². The highest BCUT2D eigenvalue weighted by Gasteiger charge is 2.83. The van der Waals surface area contributed by atoms with Crippen LogP contribution in [0.25, 0.3) is 0 Å². The van der Waals surface area contributed by atoms with Crippen LogP contribution in [0.4, 0.5) is 0 Å². The van der Waals surface area contributed by atoms with E-state index >= 15 is 0 Å². The number of nitrogens with zero attached hydrogens (tertiary/aromatic N) is 2. The third-order valence-corrected chi connectivity index (χ3v) is 11.4. The van der Waals surface area contributed by atoms with Crippen molar-refractivity contribution in [2.45, 2.75) is 56.7 Å². The molecule has 3 bridgehead atoms. The number of aliphatic hydroxyl groups excluding tert-OH is 1. The smallest absolute Gasteiger partial charge is 0.334 e. The maximum atomic E-state index is 13.1. The second-order valence-corrected chi connectivity index (χ2v) is 12.3. The first-order chi connectivity index (χ1) is 18.3. The van der Waals surface area contributed by atoms with Crippen LogP contribution in [0, 0.1) is 34.0 Å². The maximum absolute atomic E-state index is 13.1. The minimum atomic E-state index is -1.61. The zero-order valence-electron chi connectivity index (χ0n) is 22.5. The van der Waals surface area contributed by atoms with Gasteiger partial charge in [-0.2, -0.15) is 0 Å². The number of carboxylic acids is 1. The lowest BCUT2D eigenvalue weighted by molar-refractivity contribution is -0.188. The lowest BCUT2D eigenvalue weighted by atomic mass is 9.36. The summed E-state index contributed by atoms with van der Waals surface area (Å²) >= 11 is 0. The Hall–Kier alpha value is -2.20. The number of rotatable bonds is 6. The highest BCUT2D eigenvalue weighted by Crippen LogP contribution is 2.83. The Kier molecular flexibility index (Phi) is 6.11. The van der Waals surface area contributed by atoms with Crippen molar-refractivity contribution in [3.63, 3.8) is 0 Å². The molecule has 1 heterocycles. The monoisotopic (exact) mass is 526 g/mol. The topological polar surface area (TPSA) is 141 Å². The van der Waals surface area contributed by atoms with E-state index in [0.29, 0.717) is 38.4 Å². The molecular formula is C29H42N4O5. The lowest BCUT2D eigenvalue weighted by Crippen LogP contribution is -2.71. The molecule has 0 saturated heterocycles. The summed E-state index contributed by atoms with van der Waals surface area (Å²) < 4.78 is 5.96. The summed E-state index contributed by atoms with van der Waals surface area (Å²) in [6, 6.07) is 0. The van der Waals surface area contributed by atoms with Crippen molar-refractivity contribution in [3.8, 4) is 0 Å². The minimum Gasteiger partial charge on any atom is -0.478 e. The second kappa shape index (κ2) is 8.91. The van der Waals surface area contributed by atoms with E-state index in [9.17, 15) is 20.1 Å².